The molecule has 0 saturated carbocycles. The quantitative estimate of drug-likeness (QED) is 0.616. The zero-order valence-electron chi connectivity index (χ0n) is 11.8. The number of hydrogen-bond donors (Lipinski definition) is 0. The zero-order valence-corrected chi connectivity index (χ0v) is 11.8. The molecule has 20 heavy (non-hydrogen) atoms. The van der Waals surface area contributed by atoms with Crippen molar-refractivity contribution in [1.29, 1.82) is 0 Å². The highest BCUT2D eigenvalue weighted by Crippen LogP contribution is 2.33. The van der Waals surface area contributed by atoms with E-state index >= 15 is 0 Å². The topological polar surface area (TPSA) is 26.3 Å². The maximum Gasteiger partial charge on any atom is 0.334 e. The molecule has 2 aromatic rings. The maximum absolute atomic E-state index is 12.0. The van der Waals surface area contributed by atoms with Crippen LogP contribution in [0.25, 0.3) is 0 Å². The van der Waals surface area contributed by atoms with Crippen LogP contribution in [0.3, 0.4) is 0 Å². The van der Waals surface area contributed by atoms with Gasteiger partial charge in [0.15, 0.2) is 5.60 Å². The Morgan fingerprint density at radius 1 is 0.950 bits per heavy atom. The van der Waals surface area contributed by atoms with E-state index in [2.05, 4.69) is 6.58 Å². The molecule has 2 rings (SSSR count). The van der Waals surface area contributed by atoms with Crippen LogP contribution in [0.5, 0.6) is 0 Å². The number of carbonyl (C=O) groups is 1. The van der Waals surface area contributed by atoms with Gasteiger partial charge in [0, 0.05) is 5.57 Å². The molecule has 2 nitrogen and oxygen atoms in total. The van der Waals surface area contributed by atoms with E-state index in [-0.39, 0.29) is 5.97 Å². The summed E-state index contributed by atoms with van der Waals surface area (Å²) in [5, 5.41) is 0. The first-order chi connectivity index (χ1) is 9.54. The highest BCUT2D eigenvalue weighted by Gasteiger charge is 2.33. The van der Waals surface area contributed by atoms with Gasteiger partial charge in [-0.2, -0.15) is 0 Å². The number of benzene rings is 2. The van der Waals surface area contributed by atoms with Crippen LogP contribution in [-0.4, -0.2) is 5.97 Å². The predicted octanol–water partition coefficient (Wildman–Crippen LogP) is 4.07. The fourth-order valence-corrected chi connectivity index (χ4v) is 2.07. The number of rotatable bonds is 4. The first-order valence-electron chi connectivity index (χ1n) is 6.54. The van der Waals surface area contributed by atoms with Crippen LogP contribution in [0.4, 0.5) is 0 Å². The molecule has 0 spiro atoms. The van der Waals surface area contributed by atoms with Gasteiger partial charge in [0.05, 0.1) is 0 Å². The van der Waals surface area contributed by atoms with Crippen molar-refractivity contribution in [2.24, 2.45) is 0 Å². The van der Waals surface area contributed by atoms with Crippen LogP contribution < -0.4 is 0 Å². The second kappa shape index (κ2) is 5.74. The smallest absolute Gasteiger partial charge is 0.334 e. The molecule has 0 bridgehead atoms. The normalized spacial score (nSPS) is 10.9. The van der Waals surface area contributed by atoms with Crippen LogP contribution in [-0.2, 0) is 15.1 Å². The molecule has 0 aromatic heterocycles. The van der Waals surface area contributed by atoms with Gasteiger partial charge in [-0.1, -0.05) is 67.2 Å². The molecule has 0 aliphatic heterocycles. The van der Waals surface area contributed by atoms with E-state index in [9.17, 15) is 4.79 Å². The van der Waals surface area contributed by atoms with Crippen molar-refractivity contribution in [1.82, 2.24) is 0 Å². The summed E-state index contributed by atoms with van der Waals surface area (Å²) in [6.45, 7) is 7.20. The third-order valence-electron chi connectivity index (χ3n) is 3.29. The van der Waals surface area contributed by atoms with Crippen LogP contribution in [0, 0.1) is 0 Å². The average molecular weight is 266 g/mol. The minimum atomic E-state index is -0.821. The first-order valence-corrected chi connectivity index (χ1v) is 6.54. The summed E-state index contributed by atoms with van der Waals surface area (Å²) >= 11 is 0. The van der Waals surface area contributed by atoms with Gasteiger partial charge in [-0.3, -0.25) is 0 Å². The SMILES string of the molecule is C=C(C)C(=O)OC(C)(c1ccccc1)c1ccccc1. The number of carbonyl (C=O) groups excluding carboxylic acids is 1. The summed E-state index contributed by atoms with van der Waals surface area (Å²) in [7, 11) is 0. The van der Waals surface area contributed by atoms with E-state index in [1.807, 2.05) is 67.6 Å². The van der Waals surface area contributed by atoms with Crippen molar-refractivity contribution >= 4 is 5.97 Å². The largest absolute Gasteiger partial charge is 0.446 e. The van der Waals surface area contributed by atoms with E-state index in [4.69, 9.17) is 4.74 Å². The molecule has 0 heterocycles. The second-order valence-electron chi connectivity index (χ2n) is 4.94. The van der Waals surface area contributed by atoms with E-state index in [1.54, 1.807) is 6.92 Å². The van der Waals surface area contributed by atoms with E-state index in [0.29, 0.717) is 5.57 Å². The Bertz CT molecular complexity index is 560. The van der Waals surface area contributed by atoms with Crippen LogP contribution >= 0.6 is 0 Å². The summed E-state index contributed by atoms with van der Waals surface area (Å²) in [5.41, 5.74) is 1.43. The van der Waals surface area contributed by atoms with Crippen LogP contribution in [0.15, 0.2) is 72.8 Å². The Balaban J connectivity index is 2.49. The molecule has 0 fully saturated rings. The lowest BCUT2D eigenvalue weighted by Crippen LogP contribution is -2.30. The minimum absolute atomic E-state index is 0.389. The molecule has 0 N–H and O–H groups in total. The standard InChI is InChI=1S/C18H18O2/c1-14(2)17(19)20-18(3,15-10-6-4-7-11-15)16-12-8-5-9-13-16/h4-13H,1H2,2-3H3. The zero-order chi connectivity index (χ0) is 14.6. The maximum atomic E-state index is 12.0. The summed E-state index contributed by atoms with van der Waals surface area (Å²) in [5.74, 6) is -0.389. The minimum Gasteiger partial charge on any atom is -0.446 e. The van der Waals surface area contributed by atoms with Gasteiger partial charge in [-0.25, -0.2) is 4.79 Å². The van der Waals surface area contributed by atoms with Crippen molar-refractivity contribution in [3.8, 4) is 0 Å². The number of esters is 1. The summed E-state index contributed by atoms with van der Waals surface area (Å²) in [6.07, 6.45) is 0. The predicted molar refractivity (Wildman–Crippen MR) is 80.2 cm³/mol. The van der Waals surface area contributed by atoms with Crippen molar-refractivity contribution in [2.75, 3.05) is 0 Å². The molecular formula is C18H18O2. The summed E-state index contributed by atoms with van der Waals surface area (Å²) in [6, 6.07) is 19.5. The van der Waals surface area contributed by atoms with Gasteiger partial charge >= 0.3 is 5.97 Å². The molecular weight excluding hydrogens is 248 g/mol. The molecule has 0 aliphatic carbocycles. The Kier molecular flexibility index (Phi) is 4.04. The molecule has 0 radical (unpaired) electrons. The molecule has 0 unspecified atom stereocenters. The molecule has 0 amide bonds. The lowest BCUT2D eigenvalue weighted by molar-refractivity contribution is -0.150. The van der Waals surface area contributed by atoms with Crippen molar-refractivity contribution in [2.45, 2.75) is 19.4 Å². The number of hydrogen-bond acceptors (Lipinski definition) is 2. The molecule has 102 valence electrons. The fraction of sp³-hybridized carbons (Fsp3) is 0.167. The van der Waals surface area contributed by atoms with Gasteiger partial charge < -0.3 is 4.74 Å². The third kappa shape index (κ3) is 2.80. The second-order valence-corrected chi connectivity index (χ2v) is 4.94. The molecule has 2 aromatic carbocycles. The van der Waals surface area contributed by atoms with Gasteiger partial charge in [0.1, 0.15) is 0 Å². The van der Waals surface area contributed by atoms with E-state index in [0.717, 1.165) is 11.1 Å². The Labute approximate surface area is 119 Å². The highest BCUT2D eigenvalue weighted by molar-refractivity contribution is 5.87. The Morgan fingerprint density at radius 3 is 1.70 bits per heavy atom. The summed E-state index contributed by atoms with van der Waals surface area (Å²) in [4.78, 5) is 12.0. The van der Waals surface area contributed by atoms with E-state index in [1.165, 1.54) is 0 Å². The lowest BCUT2D eigenvalue weighted by Gasteiger charge is -2.30. The third-order valence-corrected chi connectivity index (χ3v) is 3.29. The molecule has 0 atom stereocenters. The fourth-order valence-electron chi connectivity index (χ4n) is 2.07. The van der Waals surface area contributed by atoms with Crippen LogP contribution in [0.1, 0.15) is 25.0 Å². The lowest BCUT2D eigenvalue weighted by atomic mass is 9.88. The van der Waals surface area contributed by atoms with Crippen molar-refractivity contribution < 1.29 is 9.53 Å². The van der Waals surface area contributed by atoms with E-state index < -0.39 is 5.60 Å². The monoisotopic (exact) mass is 266 g/mol. The average Bonchev–Trinajstić information content (AvgIpc) is 2.48. The van der Waals surface area contributed by atoms with Gasteiger partial charge in [-0.15, -0.1) is 0 Å². The van der Waals surface area contributed by atoms with Crippen molar-refractivity contribution in [3.05, 3.63) is 83.9 Å². The van der Waals surface area contributed by atoms with Gasteiger partial charge in [-0.05, 0) is 25.0 Å². The Morgan fingerprint density at radius 2 is 1.35 bits per heavy atom. The van der Waals surface area contributed by atoms with Gasteiger partial charge in [0.2, 0.25) is 0 Å². The molecule has 0 saturated heterocycles. The summed E-state index contributed by atoms with van der Waals surface area (Å²) < 4.78 is 5.73. The Hall–Kier alpha value is -2.35. The van der Waals surface area contributed by atoms with Crippen molar-refractivity contribution in [3.63, 3.8) is 0 Å². The first kappa shape index (κ1) is 14.1. The van der Waals surface area contributed by atoms with Gasteiger partial charge in [0.25, 0.3) is 0 Å². The molecule has 0 aliphatic rings. The molecule has 2 heteroatoms. The number of ether oxygens (including phenoxy) is 1. The highest BCUT2D eigenvalue weighted by atomic mass is 16.6. The van der Waals surface area contributed by atoms with Crippen LogP contribution in [0.2, 0.25) is 0 Å².